The molecular formula is C16H18N4O4S. The first kappa shape index (κ1) is 18.5. The van der Waals surface area contributed by atoms with E-state index in [4.69, 9.17) is 4.74 Å². The highest BCUT2D eigenvalue weighted by Crippen LogP contribution is 2.26. The minimum absolute atomic E-state index is 0.111. The molecular weight excluding hydrogens is 344 g/mol. The number of urea groups is 1. The average molecular weight is 362 g/mol. The Kier molecular flexibility index (Phi) is 6.18. The van der Waals surface area contributed by atoms with Crippen LogP contribution in [0.2, 0.25) is 0 Å². The van der Waals surface area contributed by atoms with Gasteiger partial charge in [-0.3, -0.25) is 15.1 Å². The van der Waals surface area contributed by atoms with E-state index in [1.807, 2.05) is 6.07 Å². The number of imide groups is 1. The number of hydrogen-bond acceptors (Lipinski definition) is 7. The van der Waals surface area contributed by atoms with Crippen molar-refractivity contribution in [3.05, 3.63) is 35.0 Å². The Labute approximate surface area is 148 Å². The van der Waals surface area contributed by atoms with Gasteiger partial charge in [0, 0.05) is 12.2 Å². The van der Waals surface area contributed by atoms with E-state index in [9.17, 15) is 14.4 Å². The van der Waals surface area contributed by atoms with Crippen molar-refractivity contribution in [1.29, 1.82) is 0 Å². The lowest BCUT2D eigenvalue weighted by atomic mass is 10.3. The van der Waals surface area contributed by atoms with Gasteiger partial charge in [0.05, 0.1) is 11.4 Å². The molecule has 0 bridgehead atoms. The Morgan fingerprint density at radius 3 is 2.68 bits per heavy atom. The van der Waals surface area contributed by atoms with Gasteiger partial charge in [-0.1, -0.05) is 6.07 Å². The highest BCUT2D eigenvalue weighted by molar-refractivity contribution is 7.17. The predicted octanol–water partition coefficient (Wildman–Crippen LogP) is 1.90. The molecule has 2 heterocycles. The Morgan fingerprint density at radius 1 is 1.28 bits per heavy atom. The molecule has 2 aromatic rings. The van der Waals surface area contributed by atoms with Gasteiger partial charge < -0.3 is 10.1 Å². The highest BCUT2D eigenvalue weighted by Gasteiger charge is 2.19. The summed E-state index contributed by atoms with van der Waals surface area (Å²) in [6, 6.07) is 4.65. The highest BCUT2D eigenvalue weighted by atomic mass is 32.1. The summed E-state index contributed by atoms with van der Waals surface area (Å²) in [6.07, 6.45) is 1.64. The number of nitrogens with zero attached hydrogens (tertiary/aromatic N) is 2. The maximum Gasteiger partial charge on any atom is 0.350 e. The summed E-state index contributed by atoms with van der Waals surface area (Å²) in [5.74, 6) is -1.38. The van der Waals surface area contributed by atoms with Crippen LogP contribution in [0.1, 0.15) is 29.2 Å². The predicted molar refractivity (Wildman–Crippen MR) is 92.2 cm³/mol. The molecule has 0 unspecified atom stereocenters. The average Bonchev–Trinajstić information content (AvgIpc) is 2.94. The smallest absolute Gasteiger partial charge is 0.350 e. The van der Waals surface area contributed by atoms with Crippen LogP contribution in [0.25, 0.3) is 10.7 Å². The van der Waals surface area contributed by atoms with E-state index in [0.29, 0.717) is 21.3 Å². The third-order valence-corrected chi connectivity index (χ3v) is 4.03. The van der Waals surface area contributed by atoms with E-state index in [1.54, 1.807) is 39.1 Å². The second-order valence-corrected chi connectivity index (χ2v) is 6.40. The van der Waals surface area contributed by atoms with Gasteiger partial charge in [0.15, 0.2) is 6.61 Å². The largest absolute Gasteiger partial charge is 0.451 e. The van der Waals surface area contributed by atoms with Crippen molar-refractivity contribution in [3.63, 3.8) is 0 Å². The van der Waals surface area contributed by atoms with Crippen molar-refractivity contribution in [2.75, 3.05) is 6.61 Å². The summed E-state index contributed by atoms with van der Waals surface area (Å²) in [7, 11) is 0. The maximum absolute atomic E-state index is 12.1. The molecule has 3 amide bonds. The second-order valence-electron chi connectivity index (χ2n) is 5.40. The quantitative estimate of drug-likeness (QED) is 0.786. The molecule has 2 N–H and O–H groups in total. The topological polar surface area (TPSA) is 110 Å². The fraction of sp³-hybridized carbons (Fsp3) is 0.312. The zero-order valence-electron chi connectivity index (χ0n) is 14.0. The van der Waals surface area contributed by atoms with Crippen LogP contribution in [-0.4, -0.2) is 40.5 Å². The summed E-state index contributed by atoms with van der Waals surface area (Å²) in [5, 5.41) is 5.16. The molecule has 9 heteroatoms. The van der Waals surface area contributed by atoms with Gasteiger partial charge in [-0.15, -0.1) is 11.3 Å². The number of nitrogens with one attached hydrogen (secondary N) is 2. The van der Waals surface area contributed by atoms with Crippen molar-refractivity contribution in [3.8, 4) is 10.7 Å². The number of ether oxygens (including phenoxy) is 1. The summed E-state index contributed by atoms with van der Waals surface area (Å²) < 4.78 is 4.94. The van der Waals surface area contributed by atoms with Gasteiger partial charge in [-0.25, -0.2) is 14.6 Å². The molecule has 0 aliphatic rings. The first-order valence-electron chi connectivity index (χ1n) is 7.53. The molecule has 0 aliphatic carbocycles. The van der Waals surface area contributed by atoms with E-state index < -0.39 is 24.5 Å². The van der Waals surface area contributed by atoms with Crippen LogP contribution >= 0.6 is 11.3 Å². The monoisotopic (exact) mass is 362 g/mol. The number of pyridine rings is 1. The Morgan fingerprint density at radius 2 is 2.04 bits per heavy atom. The van der Waals surface area contributed by atoms with Gasteiger partial charge in [0.25, 0.3) is 5.91 Å². The molecule has 2 aromatic heterocycles. The van der Waals surface area contributed by atoms with Crippen LogP contribution in [0.4, 0.5) is 4.79 Å². The first-order chi connectivity index (χ1) is 11.9. The van der Waals surface area contributed by atoms with E-state index in [1.165, 1.54) is 0 Å². The lowest BCUT2D eigenvalue weighted by Crippen LogP contribution is -2.44. The molecule has 0 saturated heterocycles. The van der Waals surface area contributed by atoms with Crippen LogP contribution in [0.5, 0.6) is 0 Å². The maximum atomic E-state index is 12.1. The summed E-state index contributed by atoms with van der Waals surface area (Å²) in [4.78, 5) is 43.9. The summed E-state index contributed by atoms with van der Waals surface area (Å²) >= 11 is 1.14. The second kappa shape index (κ2) is 8.34. The Bertz CT molecular complexity index is 774. The number of aromatic nitrogens is 2. The van der Waals surface area contributed by atoms with Crippen molar-refractivity contribution < 1.29 is 19.1 Å². The number of thiazole rings is 1. The van der Waals surface area contributed by atoms with Gasteiger partial charge in [0.1, 0.15) is 9.88 Å². The van der Waals surface area contributed by atoms with Crippen LogP contribution in [-0.2, 0) is 9.53 Å². The fourth-order valence-corrected chi connectivity index (χ4v) is 2.78. The molecule has 0 saturated carbocycles. The molecule has 0 aliphatic heterocycles. The SMILES string of the molecule is Cc1nc(-c2ccccn2)sc1C(=O)OCC(=O)NC(=O)NC(C)C. The molecule has 0 atom stereocenters. The first-order valence-corrected chi connectivity index (χ1v) is 8.34. The third-order valence-electron chi connectivity index (χ3n) is 2.87. The molecule has 2 rings (SSSR count). The zero-order valence-corrected chi connectivity index (χ0v) is 14.8. The van der Waals surface area contributed by atoms with Crippen molar-refractivity contribution in [2.45, 2.75) is 26.8 Å². The minimum atomic E-state index is -0.710. The summed E-state index contributed by atoms with van der Waals surface area (Å²) in [5.41, 5.74) is 1.14. The van der Waals surface area contributed by atoms with E-state index in [-0.39, 0.29) is 6.04 Å². The molecule has 25 heavy (non-hydrogen) atoms. The fourth-order valence-electron chi connectivity index (χ4n) is 1.84. The lowest BCUT2D eigenvalue weighted by Gasteiger charge is -2.09. The Hall–Kier alpha value is -2.81. The zero-order chi connectivity index (χ0) is 18.4. The Balaban J connectivity index is 1.94. The molecule has 132 valence electrons. The minimum Gasteiger partial charge on any atom is -0.451 e. The van der Waals surface area contributed by atoms with E-state index in [0.717, 1.165) is 11.3 Å². The number of rotatable bonds is 5. The number of aryl methyl sites for hydroxylation is 1. The molecule has 0 spiro atoms. The molecule has 0 radical (unpaired) electrons. The van der Waals surface area contributed by atoms with Crippen LogP contribution in [0.3, 0.4) is 0 Å². The van der Waals surface area contributed by atoms with Crippen LogP contribution in [0.15, 0.2) is 24.4 Å². The van der Waals surface area contributed by atoms with Gasteiger partial charge in [0.2, 0.25) is 0 Å². The van der Waals surface area contributed by atoms with Gasteiger partial charge >= 0.3 is 12.0 Å². The number of esters is 1. The normalized spacial score (nSPS) is 10.4. The number of hydrogen-bond donors (Lipinski definition) is 2. The molecule has 0 aromatic carbocycles. The lowest BCUT2D eigenvalue weighted by molar-refractivity contribution is -0.123. The van der Waals surface area contributed by atoms with Crippen molar-refractivity contribution >= 4 is 29.2 Å². The van der Waals surface area contributed by atoms with Crippen molar-refractivity contribution in [1.82, 2.24) is 20.6 Å². The third kappa shape index (κ3) is 5.35. The van der Waals surface area contributed by atoms with Gasteiger partial charge in [-0.05, 0) is 32.9 Å². The van der Waals surface area contributed by atoms with Gasteiger partial charge in [-0.2, -0.15) is 0 Å². The van der Waals surface area contributed by atoms with Crippen LogP contribution in [0, 0.1) is 6.92 Å². The van der Waals surface area contributed by atoms with E-state index >= 15 is 0 Å². The summed E-state index contributed by atoms with van der Waals surface area (Å²) in [6.45, 7) is 4.64. The van der Waals surface area contributed by atoms with Crippen LogP contribution < -0.4 is 10.6 Å². The number of amides is 3. The van der Waals surface area contributed by atoms with E-state index in [2.05, 4.69) is 20.6 Å². The molecule has 8 nitrogen and oxygen atoms in total. The number of carbonyl (C=O) groups excluding carboxylic acids is 3. The van der Waals surface area contributed by atoms with Crippen molar-refractivity contribution in [2.24, 2.45) is 0 Å². The molecule has 0 fully saturated rings. The standard InChI is InChI=1S/C16H18N4O4S/c1-9(2)18-16(23)20-12(21)8-24-15(22)13-10(3)19-14(25-13)11-6-4-5-7-17-11/h4-7,9H,8H2,1-3H3,(H2,18,20,21,23). The number of carbonyl (C=O) groups is 3.